The van der Waals surface area contributed by atoms with Crippen molar-refractivity contribution in [1.82, 2.24) is 4.98 Å². The second-order valence-electron chi connectivity index (χ2n) is 3.08. The van der Waals surface area contributed by atoms with E-state index in [1.807, 2.05) is 0 Å². The van der Waals surface area contributed by atoms with Crippen molar-refractivity contribution in [3.63, 3.8) is 0 Å². The van der Waals surface area contributed by atoms with Gasteiger partial charge in [0.25, 0.3) is 6.43 Å². The minimum atomic E-state index is -2.81. The minimum Gasteiger partial charge on any atom is -0.481 e. The molecule has 0 saturated heterocycles. The topological polar surface area (TPSA) is 74.4 Å². The smallest absolute Gasteiger partial charge is 0.338 e. The second-order valence-corrected chi connectivity index (χ2v) is 3.08. The van der Waals surface area contributed by atoms with Crippen molar-refractivity contribution in [2.45, 2.75) is 13.0 Å². The molecule has 0 saturated carbocycles. The van der Waals surface area contributed by atoms with Crippen molar-refractivity contribution in [2.75, 3.05) is 14.2 Å². The van der Waals surface area contributed by atoms with Gasteiger partial charge in [-0.1, -0.05) is 0 Å². The lowest BCUT2D eigenvalue weighted by Gasteiger charge is -2.12. The van der Waals surface area contributed by atoms with Crippen molar-refractivity contribution in [3.8, 4) is 5.88 Å². The summed E-state index contributed by atoms with van der Waals surface area (Å²) >= 11 is 0. The number of hydrogen-bond donors (Lipinski definition) is 1. The highest BCUT2D eigenvalue weighted by Gasteiger charge is 2.21. The molecule has 0 atom stereocenters. The third-order valence-electron chi connectivity index (χ3n) is 2.13. The van der Waals surface area contributed by atoms with Gasteiger partial charge >= 0.3 is 5.97 Å². The van der Waals surface area contributed by atoms with E-state index in [4.69, 9.17) is 10.5 Å². The summed E-state index contributed by atoms with van der Waals surface area (Å²) in [5.41, 5.74) is 5.06. The number of nitrogens with zero attached hydrogens (tertiary/aromatic N) is 1. The SMILES string of the molecule is COC(=O)c1cc(C(F)F)nc(OC)c1CN. The fourth-order valence-corrected chi connectivity index (χ4v) is 1.34. The number of pyridine rings is 1. The quantitative estimate of drug-likeness (QED) is 0.810. The molecule has 1 aromatic heterocycles. The Morgan fingerprint density at radius 3 is 2.59 bits per heavy atom. The molecule has 0 aliphatic heterocycles. The Kier molecular flexibility index (Phi) is 4.33. The zero-order chi connectivity index (χ0) is 13.0. The molecular weight excluding hydrogens is 234 g/mol. The zero-order valence-corrected chi connectivity index (χ0v) is 9.37. The number of hydrogen-bond acceptors (Lipinski definition) is 5. The zero-order valence-electron chi connectivity index (χ0n) is 9.37. The number of nitrogens with two attached hydrogens (primary N) is 1. The lowest BCUT2D eigenvalue weighted by molar-refractivity contribution is 0.0598. The van der Waals surface area contributed by atoms with Crippen molar-refractivity contribution < 1.29 is 23.0 Å². The summed E-state index contributed by atoms with van der Waals surface area (Å²) in [4.78, 5) is 15.0. The van der Waals surface area contributed by atoms with E-state index < -0.39 is 18.1 Å². The monoisotopic (exact) mass is 246 g/mol. The minimum absolute atomic E-state index is 0.0582. The molecule has 1 aromatic rings. The number of esters is 1. The van der Waals surface area contributed by atoms with Gasteiger partial charge in [-0.05, 0) is 6.07 Å². The van der Waals surface area contributed by atoms with E-state index in [-0.39, 0.29) is 23.6 Å². The van der Waals surface area contributed by atoms with Gasteiger partial charge in [0, 0.05) is 12.1 Å². The van der Waals surface area contributed by atoms with Crippen LogP contribution < -0.4 is 10.5 Å². The normalized spacial score (nSPS) is 10.5. The molecular formula is C10H12F2N2O3. The van der Waals surface area contributed by atoms with Crippen molar-refractivity contribution in [3.05, 3.63) is 22.9 Å². The Morgan fingerprint density at radius 2 is 2.18 bits per heavy atom. The second kappa shape index (κ2) is 5.53. The van der Waals surface area contributed by atoms with Crippen LogP contribution in [0.5, 0.6) is 5.88 Å². The maximum Gasteiger partial charge on any atom is 0.338 e. The molecule has 1 heterocycles. The highest BCUT2D eigenvalue weighted by molar-refractivity contribution is 5.91. The van der Waals surface area contributed by atoms with Crippen LogP contribution in [0.2, 0.25) is 0 Å². The van der Waals surface area contributed by atoms with Crippen LogP contribution >= 0.6 is 0 Å². The lowest BCUT2D eigenvalue weighted by Crippen LogP contribution is -2.13. The van der Waals surface area contributed by atoms with Gasteiger partial charge in [0.2, 0.25) is 5.88 Å². The van der Waals surface area contributed by atoms with Gasteiger partial charge in [0.1, 0.15) is 5.69 Å². The van der Waals surface area contributed by atoms with E-state index in [0.717, 1.165) is 13.2 Å². The predicted octanol–water partition coefficient (Wildman–Crippen LogP) is 1.27. The number of ether oxygens (including phenoxy) is 2. The van der Waals surface area contributed by atoms with Crippen LogP contribution in [-0.2, 0) is 11.3 Å². The number of carbonyl (C=O) groups is 1. The maximum atomic E-state index is 12.6. The largest absolute Gasteiger partial charge is 0.481 e. The Hall–Kier alpha value is -1.76. The van der Waals surface area contributed by atoms with Crippen LogP contribution in [0.25, 0.3) is 0 Å². The van der Waals surface area contributed by atoms with Gasteiger partial charge in [-0.15, -0.1) is 0 Å². The predicted molar refractivity (Wildman–Crippen MR) is 55.0 cm³/mol. The Morgan fingerprint density at radius 1 is 1.53 bits per heavy atom. The summed E-state index contributed by atoms with van der Waals surface area (Å²) in [7, 11) is 2.41. The molecule has 7 heteroatoms. The number of rotatable bonds is 4. The fraction of sp³-hybridized carbons (Fsp3) is 0.400. The molecule has 0 radical (unpaired) electrons. The Balaban J connectivity index is 3.42. The highest BCUT2D eigenvalue weighted by Crippen LogP contribution is 2.26. The van der Waals surface area contributed by atoms with E-state index >= 15 is 0 Å². The Labute approximate surface area is 96.5 Å². The van der Waals surface area contributed by atoms with Crippen LogP contribution in [-0.4, -0.2) is 25.2 Å². The van der Waals surface area contributed by atoms with Gasteiger partial charge in [-0.3, -0.25) is 0 Å². The van der Waals surface area contributed by atoms with Gasteiger partial charge in [0.05, 0.1) is 19.8 Å². The summed E-state index contributed by atoms with van der Waals surface area (Å²) < 4.78 is 34.5. The molecule has 0 unspecified atom stereocenters. The average molecular weight is 246 g/mol. The van der Waals surface area contributed by atoms with Gasteiger partial charge in [-0.2, -0.15) is 0 Å². The lowest BCUT2D eigenvalue weighted by atomic mass is 10.1. The third-order valence-corrected chi connectivity index (χ3v) is 2.13. The molecule has 0 aliphatic rings. The van der Waals surface area contributed by atoms with Gasteiger partial charge < -0.3 is 15.2 Å². The molecule has 5 nitrogen and oxygen atoms in total. The molecule has 94 valence electrons. The molecule has 2 N–H and O–H groups in total. The number of aromatic nitrogens is 1. The van der Waals surface area contributed by atoms with E-state index in [0.29, 0.717) is 0 Å². The van der Waals surface area contributed by atoms with Crippen molar-refractivity contribution >= 4 is 5.97 Å². The number of methoxy groups -OCH3 is 2. The molecule has 0 aliphatic carbocycles. The molecule has 0 spiro atoms. The standard InChI is InChI=1S/C10H12F2N2O3/c1-16-9-6(4-13)5(10(15)17-2)3-7(14-9)8(11)12/h3,8H,4,13H2,1-2H3. The van der Waals surface area contributed by atoms with E-state index in [9.17, 15) is 13.6 Å². The number of halogens is 2. The average Bonchev–Trinajstić information content (AvgIpc) is 2.35. The van der Waals surface area contributed by atoms with Crippen molar-refractivity contribution in [1.29, 1.82) is 0 Å². The van der Waals surface area contributed by atoms with Crippen molar-refractivity contribution in [2.24, 2.45) is 5.73 Å². The van der Waals surface area contributed by atoms with Crippen LogP contribution in [0.15, 0.2) is 6.07 Å². The summed E-state index contributed by atoms with van der Waals surface area (Å²) in [6.45, 7) is -0.0654. The highest BCUT2D eigenvalue weighted by atomic mass is 19.3. The van der Waals surface area contributed by atoms with Crippen LogP contribution in [0.3, 0.4) is 0 Å². The first-order valence-electron chi connectivity index (χ1n) is 4.69. The van der Waals surface area contributed by atoms with Gasteiger partial charge in [0.15, 0.2) is 0 Å². The van der Waals surface area contributed by atoms with E-state index in [1.54, 1.807) is 0 Å². The summed E-state index contributed by atoms with van der Waals surface area (Å²) in [6, 6.07) is 0.960. The Bertz CT molecular complexity index is 424. The first-order chi connectivity index (χ1) is 8.04. The first kappa shape index (κ1) is 13.3. The fourth-order valence-electron chi connectivity index (χ4n) is 1.34. The van der Waals surface area contributed by atoms with Crippen LogP contribution in [0, 0.1) is 0 Å². The van der Waals surface area contributed by atoms with Gasteiger partial charge in [-0.25, -0.2) is 18.6 Å². The molecule has 0 aromatic carbocycles. The summed E-state index contributed by atoms with van der Waals surface area (Å²) in [5.74, 6) is -0.848. The summed E-state index contributed by atoms with van der Waals surface area (Å²) in [5, 5.41) is 0. The molecule has 0 amide bonds. The number of alkyl halides is 2. The molecule has 0 fully saturated rings. The molecule has 1 rings (SSSR count). The maximum absolute atomic E-state index is 12.6. The number of carbonyl (C=O) groups excluding carboxylic acids is 1. The molecule has 17 heavy (non-hydrogen) atoms. The van der Waals surface area contributed by atoms with E-state index in [1.165, 1.54) is 7.11 Å². The van der Waals surface area contributed by atoms with Crippen LogP contribution in [0.4, 0.5) is 8.78 Å². The third kappa shape index (κ3) is 2.68. The first-order valence-corrected chi connectivity index (χ1v) is 4.69. The van der Waals surface area contributed by atoms with E-state index in [2.05, 4.69) is 9.72 Å². The summed E-state index contributed by atoms with van der Waals surface area (Å²) in [6.07, 6.45) is -2.81. The van der Waals surface area contributed by atoms with Crippen LogP contribution in [0.1, 0.15) is 28.0 Å². The molecule has 0 bridgehead atoms.